The Morgan fingerprint density at radius 2 is 1.57 bits per heavy atom. The van der Waals surface area contributed by atoms with Crippen molar-refractivity contribution in [1.82, 2.24) is 8.61 Å². The number of nitrogens with zero attached hydrogens (tertiary/aromatic N) is 2. The van der Waals surface area contributed by atoms with E-state index in [0.717, 1.165) is 0 Å². The van der Waals surface area contributed by atoms with Gasteiger partial charge in [0.15, 0.2) is 0 Å². The van der Waals surface area contributed by atoms with E-state index in [0.29, 0.717) is 0 Å². The summed E-state index contributed by atoms with van der Waals surface area (Å²) in [5.74, 6) is 0. The fraction of sp³-hybridized carbons (Fsp3) is 1.00. The quantitative estimate of drug-likeness (QED) is 0.630. The minimum Gasteiger partial charge on any atom is -0.237 e. The van der Waals surface area contributed by atoms with Crippen LogP contribution in [0.3, 0.4) is 0 Å². The van der Waals surface area contributed by atoms with Crippen molar-refractivity contribution < 1.29 is 0 Å². The van der Waals surface area contributed by atoms with Crippen molar-refractivity contribution in [3.63, 3.8) is 0 Å². The molecule has 0 atom stereocenters. The van der Waals surface area contributed by atoms with E-state index in [9.17, 15) is 0 Å². The molecule has 1 heterocycles. The van der Waals surface area contributed by atoms with Gasteiger partial charge in [0.05, 0.1) is 0 Å². The van der Waals surface area contributed by atoms with Crippen LogP contribution in [0.25, 0.3) is 0 Å². The predicted octanol–water partition coefficient (Wildman–Crippen LogP) is 3.16. The van der Waals surface area contributed by atoms with Gasteiger partial charge in [0.25, 0.3) is 0 Å². The summed E-state index contributed by atoms with van der Waals surface area (Å²) < 4.78 is 5.06. The van der Waals surface area contributed by atoms with Gasteiger partial charge in [-0.15, -0.1) is 0 Å². The van der Waals surface area contributed by atoms with Crippen LogP contribution in [0.4, 0.5) is 0 Å². The lowest BCUT2D eigenvalue weighted by atomic mass is 10.2. The van der Waals surface area contributed by atoms with Gasteiger partial charge >= 0.3 is 0 Å². The van der Waals surface area contributed by atoms with E-state index in [-0.39, 0.29) is 0 Å². The third-order valence-electron chi connectivity index (χ3n) is 2.49. The van der Waals surface area contributed by atoms with Gasteiger partial charge in [-0.25, -0.2) is 8.61 Å². The average molecular weight is 216 g/mol. The molecule has 0 bridgehead atoms. The minimum atomic E-state index is 1.23. The van der Waals surface area contributed by atoms with Gasteiger partial charge in [-0.3, -0.25) is 0 Å². The average Bonchev–Trinajstić information content (AvgIpc) is 2.20. The van der Waals surface area contributed by atoms with Crippen molar-refractivity contribution in [2.75, 3.05) is 26.2 Å². The predicted molar refractivity (Wildman–Crippen MR) is 65.2 cm³/mol. The summed E-state index contributed by atoms with van der Waals surface area (Å²) in [7, 11) is 0. The fourth-order valence-electron chi connectivity index (χ4n) is 1.80. The van der Waals surface area contributed by atoms with Crippen LogP contribution in [0.5, 0.6) is 0 Å². The van der Waals surface area contributed by atoms with Crippen LogP contribution < -0.4 is 0 Å². The summed E-state index contributed by atoms with van der Waals surface area (Å²) >= 11 is 1.98. The first-order chi connectivity index (χ1) is 6.86. The van der Waals surface area contributed by atoms with Crippen molar-refractivity contribution in [2.45, 2.75) is 46.0 Å². The maximum Gasteiger partial charge on any atom is 0.0101 e. The summed E-state index contributed by atoms with van der Waals surface area (Å²) in [6.45, 7) is 9.56. The summed E-state index contributed by atoms with van der Waals surface area (Å²) in [5.41, 5.74) is 0. The molecular formula is C11H24N2S. The van der Waals surface area contributed by atoms with Crippen LogP contribution >= 0.6 is 12.1 Å². The molecule has 1 aliphatic heterocycles. The van der Waals surface area contributed by atoms with E-state index >= 15 is 0 Å². The molecule has 2 nitrogen and oxygen atoms in total. The van der Waals surface area contributed by atoms with E-state index in [4.69, 9.17) is 0 Å². The van der Waals surface area contributed by atoms with Gasteiger partial charge < -0.3 is 0 Å². The lowest BCUT2D eigenvalue weighted by molar-refractivity contribution is 0.355. The van der Waals surface area contributed by atoms with Gasteiger partial charge in [-0.05, 0) is 25.7 Å². The maximum atomic E-state index is 2.54. The lowest BCUT2D eigenvalue weighted by Gasteiger charge is -2.30. The van der Waals surface area contributed by atoms with Crippen LogP contribution in [-0.4, -0.2) is 34.8 Å². The Morgan fingerprint density at radius 3 is 2.07 bits per heavy atom. The standard InChI is InChI=1S/C11H24N2S/c1-3-8-12(9-4-2)14-13-10-6-5-7-11-13/h3-11H2,1-2H3. The highest BCUT2D eigenvalue weighted by molar-refractivity contribution is 7.94. The molecule has 1 rings (SSSR count). The van der Waals surface area contributed by atoms with E-state index in [1.807, 2.05) is 12.1 Å². The van der Waals surface area contributed by atoms with Crippen LogP contribution in [0, 0.1) is 0 Å². The Balaban J connectivity index is 2.21. The van der Waals surface area contributed by atoms with Crippen molar-refractivity contribution in [1.29, 1.82) is 0 Å². The van der Waals surface area contributed by atoms with Crippen LogP contribution in [-0.2, 0) is 0 Å². The molecule has 0 amide bonds. The van der Waals surface area contributed by atoms with Crippen molar-refractivity contribution in [3.8, 4) is 0 Å². The molecule has 1 saturated heterocycles. The SMILES string of the molecule is CCCN(CCC)SN1CCCCC1. The van der Waals surface area contributed by atoms with Crippen molar-refractivity contribution in [2.24, 2.45) is 0 Å². The number of piperidine rings is 1. The molecule has 84 valence electrons. The van der Waals surface area contributed by atoms with Gasteiger partial charge in [0, 0.05) is 38.3 Å². The monoisotopic (exact) mass is 216 g/mol. The number of hydrogen-bond acceptors (Lipinski definition) is 3. The molecule has 0 aromatic carbocycles. The summed E-state index contributed by atoms with van der Waals surface area (Å²) in [5, 5.41) is 0. The highest BCUT2D eigenvalue weighted by Crippen LogP contribution is 2.21. The molecule has 3 heteroatoms. The molecular weight excluding hydrogens is 192 g/mol. The fourth-order valence-corrected chi connectivity index (χ4v) is 3.08. The second-order valence-electron chi connectivity index (χ2n) is 4.00. The van der Waals surface area contributed by atoms with E-state index in [2.05, 4.69) is 22.5 Å². The summed E-state index contributed by atoms with van der Waals surface area (Å²) in [6, 6.07) is 0. The normalized spacial score (nSPS) is 19.1. The molecule has 0 N–H and O–H groups in total. The molecule has 0 saturated carbocycles. The summed E-state index contributed by atoms with van der Waals surface area (Å²) in [6.07, 6.45) is 6.73. The zero-order chi connectivity index (χ0) is 10.2. The zero-order valence-corrected chi connectivity index (χ0v) is 10.5. The largest absolute Gasteiger partial charge is 0.237 e. The Kier molecular flexibility index (Phi) is 6.65. The first-order valence-corrected chi connectivity index (χ1v) is 6.77. The molecule has 1 fully saturated rings. The Labute approximate surface area is 93.3 Å². The van der Waals surface area contributed by atoms with Crippen molar-refractivity contribution >= 4 is 12.1 Å². The molecule has 0 aromatic heterocycles. The molecule has 0 spiro atoms. The van der Waals surface area contributed by atoms with Crippen molar-refractivity contribution in [3.05, 3.63) is 0 Å². The molecule has 1 aliphatic rings. The Bertz CT molecular complexity index is 129. The number of hydrogen-bond donors (Lipinski definition) is 0. The molecule has 0 unspecified atom stereocenters. The zero-order valence-electron chi connectivity index (χ0n) is 9.67. The molecule has 0 radical (unpaired) electrons. The van der Waals surface area contributed by atoms with Crippen LogP contribution in [0.2, 0.25) is 0 Å². The first-order valence-electron chi connectivity index (χ1n) is 6.04. The maximum absolute atomic E-state index is 2.54. The van der Waals surface area contributed by atoms with Gasteiger partial charge in [0.1, 0.15) is 0 Å². The molecule has 0 aromatic rings. The van der Waals surface area contributed by atoms with E-state index in [1.54, 1.807) is 0 Å². The molecule has 14 heavy (non-hydrogen) atoms. The lowest BCUT2D eigenvalue weighted by Crippen LogP contribution is -2.30. The molecule has 0 aliphatic carbocycles. The highest BCUT2D eigenvalue weighted by Gasteiger charge is 2.14. The first kappa shape index (κ1) is 12.3. The smallest absolute Gasteiger partial charge is 0.0101 e. The highest BCUT2D eigenvalue weighted by atomic mass is 32.2. The second-order valence-corrected chi connectivity index (χ2v) is 5.20. The van der Waals surface area contributed by atoms with Crippen LogP contribution in [0.1, 0.15) is 46.0 Å². The van der Waals surface area contributed by atoms with Gasteiger partial charge in [-0.2, -0.15) is 0 Å². The Morgan fingerprint density at radius 1 is 1.00 bits per heavy atom. The van der Waals surface area contributed by atoms with Crippen LogP contribution in [0.15, 0.2) is 0 Å². The second kappa shape index (κ2) is 7.55. The topological polar surface area (TPSA) is 6.48 Å². The van der Waals surface area contributed by atoms with E-state index in [1.165, 1.54) is 58.3 Å². The minimum absolute atomic E-state index is 1.23. The van der Waals surface area contributed by atoms with Gasteiger partial charge in [-0.1, -0.05) is 20.3 Å². The van der Waals surface area contributed by atoms with E-state index < -0.39 is 0 Å². The number of rotatable bonds is 6. The van der Waals surface area contributed by atoms with Gasteiger partial charge in [0.2, 0.25) is 0 Å². The third-order valence-corrected chi connectivity index (χ3v) is 3.68. The third kappa shape index (κ3) is 4.67. The Hall–Kier alpha value is 0.270. The summed E-state index contributed by atoms with van der Waals surface area (Å²) in [4.78, 5) is 0.